The molecule has 2 amide bonds. The monoisotopic (exact) mass is 655 g/mol. The summed E-state index contributed by atoms with van der Waals surface area (Å²) in [6, 6.07) is 29.6. The first-order valence-electron chi connectivity index (χ1n) is 16.1. The third-order valence-corrected chi connectivity index (χ3v) is 9.81. The van der Waals surface area contributed by atoms with Crippen LogP contribution in [-0.4, -0.2) is 50.9 Å². The topological polar surface area (TPSA) is 96.0 Å². The summed E-state index contributed by atoms with van der Waals surface area (Å²) in [7, 11) is -4.18. The minimum Gasteiger partial charge on any atom is -0.494 e. The van der Waals surface area contributed by atoms with Gasteiger partial charge in [0.1, 0.15) is 18.3 Å². The van der Waals surface area contributed by atoms with E-state index in [1.165, 1.54) is 4.90 Å². The minimum absolute atomic E-state index is 0.0633. The molecule has 8 nitrogen and oxygen atoms in total. The van der Waals surface area contributed by atoms with Crippen molar-refractivity contribution in [3.05, 3.63) is 125 Å². The Kier molecular flexibility index (Phi) is 12.6. The maximum absolute atomic E-state index is 14.6. The van der Waals surface area contributed by atoms with Gasteiger partial charge in [-0.2, -0.15) is 0 Å². The molecule has 0 aliphatic carbocycles. The van der Waals surface area contributed by atoms with Gasteiger partial charge in [-0.3, -0.25) is 13.9 Å². The molecule has 0 bridgehead atoms. The van der Waals surface area contributed by atoms with Gasteiger partial charge in [-0.15, -0.1) is 0 Å². The van der Waals surface area contributed by atoms with Crippen molar-refractivity contribution < 1.29 is 22.7 Å². The van der Waals surface area contributed by atoms with Gasteiger partial charge in [0.15, 0.2) is 0 Å². The molecule has 0 saturated carbocycles. The Morgan fingerprint density at radius 3 is 2.13 bits per heavy atom. The highest BCUT2D eigenvalue weighted by molar-refractivity contribution is 7.92. The van der Waals surface area contributed by atoms with Crippen LogP contribution in [0.25, 0.3) is 0 Å². The largest absolute Gasteiger partial charge is 0.494 e. The number of aryl methyl sites for hydroxylation is 2. The number of carbonyl (C=O) groups excluding carboxylic acids is 2. The van der Waals surface area contributed by atoms with Gasteiger partial charge >= 0.3 is 0 Å². The molecule has 1 N–H and O–H groups in total. The molecule has 4 aromatic carbocycles. The maximum Gasteiger partial charge on any atom is 0.264 e. The molecule has 4 aromatic rings. The zero-order valence-electron chi connectivity index (χ0n) is 27.7. The van der Waals surface area contributed by atoms with Crippen molar-refractivity contribution >= 4 is 27.5 Å². The van der Waals surface area contributed by atoms with Crippen LogP contribution in [0, 0.1) is 13.8 Å². The van der Waals surface area contributed by atoms with E-state index in [-0.39, 0.29) is 23.8 Å². The highest BCUT2D eigenvalue weighted by atomic mass is 32.2. The van der Waals surface area contributed by atoms with E-state index in [4.69, 9.17) is 4.74 Å². The molecule has 1 unspecified atom stereocenters. The number of anilines is 1. The number of sulfonamides is 1. The lowest BCUT2D eigenvalue weighted by molar-refractivity contribution is -0.140. The van der Waals surface area contributed by atoms with Crippen LogP contribution in [0.5, 0.6) is 5.75 Å². The fourth-order valence-corrected chi connectivity index (χ4v) is 6.69. The Labute approximate surface area is 279 Å². The SMILES string of the molecule is CCCCNC(=O)C(Cc1ccccc1)N(Cc1ccccc1C)C(=O)CN(c1ccc(OCC)cc1)S(=O)(=O)c1ccc(C)cc1. The molecule has 4 rings (SSSR count). The second-order valence-corrected chi connectivity index (χ2v) is 13.4. The summed E-state index contributed by atoms with van der Waals surface area (Å²) in [5, 5.41) is 3.03. The Morgan fingerprint density at radius 2 is 1.49 bits per heavy atom. The predicted octanol–water partition coefficient (Wildman–Crippen LogP) is 6.45. The van der Waals surface area contributed by atoms with E-state index in [0.29, 0.717) is 24.6 Å². The number of hydrogen-bond acceptors (Lipinski definition) is 5. The lowest BCUT2D eigenvalue weighted by Gasteiger charge is -2.34. The van der Waals surface area contributed by atoms with Crippen molar-refractivity contribution in [3.63, 3.8) is 0 Å². The van der Waals surface area contributed by atoms with E-state index in [2.05, 4.69) is 5.32 Å². The number of benzene rings is 4. The summed E-state index contributed by atoms with van der Waals surface area (Å²) in [6.45, 7) is 8.31. The molecule has 9 heteroatoms. The van der Waals surface area contributed by atoms with E-state index in [9.17, 15) is 18.0 Å². The molecule has 248 valence electrons. The Hall–Kier alpha value is -4.63. The van der Waals surface area contributed by atoms with Gasteiger partial charge in [-0.05, 0) is 80.3 Å². The van der Waals surface area contributed by atoms with Crippen LogP contribution >= 0.6 is 0 Å². The summed E-state index contributed by atoms with van der Waals surface area (Å²) in [4.78, 5) is 30.1. The number of nitrogens with one attached hydrogen (secondary N) is 1. The van der Waals surface area contributed by atoms with Crippen LogP contribution in [0.3, 0.4) is 0 Å². The molecule has 0 saturated heterocycles. The molecule has 0 fully saturated rings. The number of amides is 2. The van der Waals surface area contributed by atoms with Gasteiger partial charge in [-0.1, -0.05) is 85.6 Å². The average molecular weight is 656 g/mol. The van der Waals surface area contributed by atoms with E-state index in [1.54, 1.807) is 48.5 Å². The molecule has 47 heavy (non-hydrogen) atoms. The third-order valence-electron chi connectivity index (χ3n) is 8.03. The Balaban J connectivity index is 1.80. The fraction of sp³-hybridized carbons (Fsp3) is 0.316. The van der Waals surface area contributed by atoms with Gasteiger partial charge in [0, 0.05) is 19.5 Å². The zero-order chi connectivity index (χ0) is 33.8. The fourth-order valence-electron chi connectivity index (χ4n) is 5.27. The summed E-state index contributed by atoms with van der Waals surface area (Å²) in [5.41, 5.74) is 3.95. The molecule has 0 heterocycles. The summed E-state index contributed by atoms with van der Waals surface area (Å²) in [5.74, 6) is -0.189. The minimum atomic E-state index is -4.18. The number of hydrogen-bond donors (Lipinski definition) is 1. The van der Waals surface area contributed by atoms with Crippen LogP contribution in [0.1, 0.15) is 48.9 Å². The normalized spacial score (nSPS) is 11.8. The smallest absolute Gasteiger partial charge is 0.264 e. The second kappa shape index (κ2) is 16.8. The van der Waals surface area contributed by atoms with Gasteiger partial charge in [0.2, 0.25) is 11.8 Å². The third kappa shape index (κ3) is 9.45. The van der Waals surface area contributed by atoms with Crippen LogP contribution < -0.4 is 14.4 Å². The van der Waals surface area contributed by atoms with E-state index in [1.807, 2.05) is 82.3 Å². The highest BCUT2D eigenvalue weighted by Gasteiger charge is 2.34. The molecule has 0 aliphatic rings. The molecule has 1 atom stereocenters. The van der Waals surface area contributed by atoms with Crippen molar-refractivity contribution in [3.8, 4) is 5.75 Å². The summed E-state index contributed by atoms with van der Waals surface area (Å²) >= 11 is 0. The second-order valence-electron chi connectivity index (χ2n) is 11.5. The quantitative estimate of drug-likeness (QED) is 0.140. The summed E-state index contributed by atoms with van der Waals surface area (Å²) < 4.78 is 35.2. The molecular weight excluding hydrogens is 611 g/mol. The first kappa shape index (κ1) is 35.2. The van der Waals surface area contributed by atoms with Crippen molar-refractivity contribution in [2.45, 2.75) is 64.4 Å². The Bertz CT molecular complexity index is 1710. The first-order valence-corrected chi connectivity index (χ1v) is 17.6. The van der Waals surface area contributed by atoms with Crippen molar-refractivity contribution in [1.29, 1.82) is 0 Å². The number of rotatable bonds is 16. The van der Waals surface area contributed by atoms with Crippen LogP contribution in [0.4, 0.5) is 5.69 Å². The predicted molar refractivity (Wildman–Crippen MR) is 187 cm³/mol. The zero-order valence-corrected chi connectivity index (χ0v) is 28.5. The van der Waals surface area contributed by atoms with Crippen LogP contribution in [0.2, 0.25) is 0 Å². The van der Waals surface area contributed by atoms with Gasteiger partial charge in [0.25, 0.3) is 10.0 Å². The maximum atomic E-state index is 14.6. The number of unbranched alkanes of at least 4 members (excludes halogenated alkanes) is 1. The standard InChI is InChI=1S/C38H45N3O5S/c1-5-7-25-39-38(43)36(26-31-14-9-8-10-15-31)40(27-32-16-12-11-13-30(32)4)37(42)28-41(33-19-21-34(22-20-33)46-6-2)47(44,45)35-23-17-29(3)18-24-35/h8-24,36H,5-7,25-28H2,1-4H3,(H,39,43). The van der Waals surface area contributed by atoms with Crippen molar-refractivity contribution in [1.82, 2.24) is 10.2 Å². The summed E-state index contributed by atoms with van der Waals surface area (Å²) in [6.07, 6.45) is 1.98. The van der Waals surface area contributed by atoms with Crippen molar-refractivity contribution in [2.75, 3.05) is 24.0 Å². The average Bonchev–Trinajstić information content (AvgIpc) is 3.07. The molecule has 0 spiro atoms. The number of carbonyl (C=O) groups is 2. The van der Waals surface area contributed by atoms with E-state index in [0.717, 1.165) is 39.4 Å². The van der Waals surface area contributed by atoms with Crippen LogP contribution in [-0.2, 0) is 32.6 Å². The van der Waals surface area contributed by atoms with Gasteiger partial charge in [-0.25, -0.2) is 8.42 Å². The number of nitrogens with zero attached hydrogens (tertiary/aromatic N) is 2. The lowest BCUT2D eigenvalue weighted by Crippen LogP contribution is -2.53. The number of ether oxygens (including phenoxy) is 1. The van der Waals surface area contributed by atoms with Crippen LogP contribution in [0.15, 0.2) is 108 Å². The molecule has 0 aliphatic heterocycles. The van der Waals surface area contributed by atoms with E-state index < -0.39 is 28.5 Å². The molecule has 0 aromatic heterocycles. The van der Waals surface area contributed by atoms with Gasteiger partial charge < -0.3 is 15.0 Å². The molecular formula is C38H45N3O5S. The van der Waals surface area contributed by atoms with Crippen molar-refractivity contribution in [2.24, 2.45) is 0 Å². The van der Waals surface area contributed by atoms with E-state index >= 15 is 0 Å². The lowest BCUT2D eigenvalue weighted by atomic mass is 10.0. The Morgan fingerprint density at radius 1 is 0.830 bits per heavy atom. The van der Waals surface area contributed by atoms with Gasteiger partial charge in [0.05, 0.1) is 17.2 Å². The highest BCUT2D eigenvalue weighted by Crippen LogP contribution is 2.27. The first-order chi connectivity index (χ1) is 22.6. The molecule has 0 radical (unpaired) electrons.